The van der Waals surface area contributed by atoms with Crippen LogP contribution in [0.3, 0.4) is 0 Å². The first-order valence-corrected chi connectivity index (χ1v) is 4.95. The summed E-state index contributed by atoms with van der Waals surface area (Å²) in [5.41, 5.74) is 7.88. The predicted molar refractivity (Wildman–Crippen MR) is 63.9 cm³/mol. The van der Waals surface area contributed by atoms with Crippen molar-refractivity contribution in [1.82, 2.24) is 0 Å². The lowest BCUT2D eigenvalue weighted by Crippen LogP contribution is -1.95. The Balaban J connectivity index is 0.000000671. The maximum absolute atomic E-state index is 5.79. The number of nitrogen functional groups attached to an aromatic ring is 1. The Morgan fingerprint density at radius 1 is 1.31 bits per heavy atom. The van der Waals surface area contributed by atoms with Crippen molar-refractivity contribution in [2.45, 2.75) is 19.8 Å². The van der Waals surface area contributed by atoms with Crippen LogP contribution in [0.4, 0.5) is 5.69 Å². The van der Waals surface area contributed by atoms with Crippen molar-refractivity contribution in [3.8, 4) is 0 Å². The second-order valence-electron chi connectivity index (χ2n) is 2.93. The summed E-state index contributed by atoms with van der Waals surface area (Å²) >= 11 is 3.37. The van der Waals surface area contributed by atoms with Crippen LogP contribution < -0.4 is 5.73 Å². The molecule has 0 aromatic heterocycles. The average Bonchev–Trinajstić information content (AvgIpc) is 2.07. The van der Waals surface area contributed by atoms with Crippen LogP contribution in [0.15, 0.2) is 35.8 Å². The van der Waals surface area contributed by atoms with Gasteiger partial charge in [0.25, 0.3) is 0 Å². The topological polar surface area (TPSA) is 26.0 Å². The molecule has 0 aliphatic heterocycles. The van der Waals surface area contributed by atoms with Gasteiger partial charge in [0.1, 0.15) is 0 Å². The first-order chi connectivity index (χ1) is 6.11. The summed E-state index contributed by atoms with van der Waals surface area (Å²) < 4.78 is 1.04. The zero-order valence-electron chi connectivity index (χ0n) is 8.18. The number of hydrogen-bond acceptors (Lipinski definition) is 1. The summed E-state index contributed by atoms with van der Waals surface area (Å²) in [7, 11) is 0. The van der Waals surface area contributed by atoms with Gasteiger partial charge in [0.15, 0.2) is 0 Å². The van der Waals surface area contributed by atoms with E-state index in [4.69, 9.17) is 5.73 Å². The second kappa shape index (κ2) is 5.81. The van der Waals surface area contributed by atoms with Crippen LogP contribution in [0.1, 0.15) is 25.3 Å². The zero-order valence-corrected chi connectivity index (χ0v) is 9.76. The van der Waals surface area contributed by atoms with Gasteiger partial charge in [0, 0.05) is 10.2 Å². The Morgan fingerprint density at radius 2 is 1.85 bits per heavy atom. The van der Waals surface area contributed by atoms with Crippen molar-refractivity contribution < 1.29 is 0 Å². The van der Waals surface area contributed by atoms with Gasteiger partial charge in [-0.25, -0.2) is 0 Å². The van der Waals surface area contributed by atoms with Crippen LogP contribution in [0, 0.1) is 0 Å². The van der Waals surface area contributed by atoms with Gasteiger partial charge < -0.3 is 5.73 Å². The van der Waals surface area contributed by atoms with E-state index in [9.17, 15) is 0 Å². The van der Waals surface area contributed by atoms with Crippen molar-refractivity contribution in [3.63, 3.8) is 0 Å². The normalized spacial score (nSPS) is 9.23. The summed E-state index contributed by atoms with van der Waals surface area (Å²) in [6.45, 7) is 10.3. The van der Waals surface area contributed by atoms with Crippen molar-refractivity contribution in [1.29, 1.82) is 0 Å². The molecule has 0 saturated heterocycles. The van der Waals surface area contributed by atoms with Gasteiger partial charge in [-0.05, 0) is 23.6 Å². The summed E-state index contributed by atoms with van der Waals surface area (Å²) in [5, 5.41) is 0. The van der Waals surface area contributed by atoms with E-state index in [1.165, 1.54) is 5.56 Å². The lowest BCUT2D eigenvalue weighted by molar-refractivity contribution is 0.869. The third-order valence-corrected chi connectivity index (χ3v) is 2.16. The molecule has 1 rings (SSSR count). The van der Waals surface area contributed by atoms with Gasteiger partial charge in [-0.3, -0.25) is 0 Å². The fourth-order valence-corrected chi connectivity index (χ4v) is 1.45. The molecule has 0 saturated carbocycles. The SMILES string of the molecule is C=C.CC(C)c1ccc(Br)cc1N. The van der Waals surface area contributed by atoms with Crippen LogP contribution >= 0.6 is 15.9 Å². The summed E-state index contributed by atoms with van der Waals surface area (Å²) in [5.74, 6) is 0.503. The van der Waals surface area contributed by atoms with E-state index in [0.717, 1.165) is 10.2 Å². The lowest BCUT2D eigenvalue weighted by atomic mass is 10.0. The van der Waals surface area contributed by atoms with Gasteiger partial charge in [-0.2, -0.15) is 0 Å². The molecule has 0 radical (unpaired) electrons. The first kappa shape index (κ1) is 12.2. The Bertz CT molecular complexity index is 269. The number of halogens is 1. The minimum atomic E-state index is 0.503. The van der Waals surface area contributed by atoms with E-state index in [2.05, 4.69) is 49.0 Å². The highest BCUT2D eigenvalue weighted by Gasteiger charge is 2.02. The molecule has 1 nitrogen and oxygen atoms in total. The monoisotopic (exact) mass is 241 g/mol. The predicted octanol–water partition coefficient (Wildman–Crippen LogP) is 3.96. The Kier molecular flexibility index (Phi) is 5.47. The lowest BCUT2D eigenvalue weighted by Gasteiger charge is -2.08. The molecule has 0 spiro atoms. The third-order valence-electron chi connectivity index (χ3n) is 1.67. The zero-order chi connectivity index (χ0) is 10.4. The number of benzene rings is 1. The molecule has 0 bridgehead atoms. The smallest absolute Gasteiger partial charge is 0.0360 e. The number of rotatable bonds is 1. The Morgan fingerprint density at radius 3 is 2.23 bits per heavy atom. The Labute approximate surface area is 88.8 Å². The van der Waals surface area contributed by atoms with E-state index in [1.807, 2.05) is 12.1 Å². The van der Waals surface area contributed by atoms with Gasteiger partial charge >= 0.3 is 0 Å². The van der Waals surface area contributed by atoms with Crippen molar-refractivity contribution in [3.05, 3.63) is 41.4 Å². The molecule has 0 fully saturated rings. The molecule has 2 heteroatoms. The maximum atomic E-state index is 5.79. The maximum Gasteiger partial charge on any atom is 0.0360 e. The number of hydrogen-bond donors (Lipinski definition) is 1. The van der Waals surface area contributed by atoms with Crippen LogP contribution in [-0.2, 0) is 0 Å². The average molecular weight is 242 g/mol. The fourth-order valence-electron chi connectivity index (χ4n) is 1.07. The first-order valence-electron chi connectivity index (χ1n) is 4.16. The highest BCUT2D eigenvalue weighted by Crippen LogP contribution is 2.24. The molecule has 0 unspecified atom stereocenters. The summed E-state index contributed by atoms with van der Waals surface area (Å²) in [6, 6.07) is 6.02. The van der Waals surface area contributed by atoms with Crippen LogP contribution in [0.2, 0.25) is 0 Å². The second-order valence-corrected chi connectivity index (χ2v) is 3.84. The quantitative estimate of drug-likeness (QED) is 0.585. The number of nitrogens with two attached hydrogens (primary N) is 1. The fraction of sp³-hybridized carbons (Fsp3) is 0.273. The highest BCUT2D eigenvalue weighted by molar-refractivity contribution is 9.10. The molecule has 0 amide bonds. The van der Waals surface area contributed by atoms with E-state index >= 15 is 0 Å². The van der Waals surface area contributed by atoms with Gasteiger partial charge in [-0.1, -0.05) is 35.8 Å². The minimum Gasteiger partial charge on any atom is -0.398 e. The molecule has 2 N–H and O–H groups in total. The van der Waals surface area contributed by atoms with Gasteiger partial charge in [-0.15, -0.1) is 13.2 Å². The molecule has 0 aliphatic carbocycles. The van der Waals surface area contributed by atoms with E-state index in [0.29, 0.717) is 5.92 Å². The third kappa shape index (κ3) is 3.64. The molecule has 1 aromatic rings. The molecule has 0 aliphatic rings. The highest BCUT2D eigenvalue weighted by atomic mass is 79.9. The molecule has 0 atom stereocenters. The van der Waals surface area contributed by atoms with E-state index in [-0.39, 0.29) is 0 Å². The van der Waals surface area contributed by atoms with Crippen LogP contribution in [0.25, 0.3) is 0 Å². The van der Waals surface area contributed by atoms with Crippen molar-refractivity contribution >= 4 is 21.6 Å². The summed E-state index contributed by atoms with van der Waals surface area (Å²) in [6.07, 6.45) is 0. The van der Waals surface area contributed by atoms with Crippen molar-refractivity contribution in [2.75, 3.05) is 5.73 Å². The van der Waals surface area contributed by atoms with E-state index < -0.39 is 0 Å². The molecule has 0 heterocycles. The molecule has 72 valence electrons. The van der Waals surface area contributed by atoms with Crippen molar-refractivity contribution in [2.24, 2.45) is 0 Å². The minimum absolute atomic E-state index is 0.503. The van der Waals surface area contributed by atoms with E-state index in [1.54, 1.807) is 0 Å². The standard InChI is InChI=1S/C9H12BrN.C2H4/c1-6(2)8-4-3-7(10)5-9(8)11;1-2/h3-6H,11H2,1-2H3;1-2H2. The van der Waals surface area contributed by atoms with Gasteiger partial charge in [0.05, 0.1) is 0 Å². The summed E-state index contributed by atoms with van der Waals surface area (Å²) in [4.78, 5) is 0. The number of anilines is 1. The largest absolute Gasteiger partial charge is 0.398 e. The molecular formula is C11H16BrN. The molecular weight excluding hydrogens is 226 g/mol. The van der Waals surface area contributed by atoms with Crippen LogP contribution in [-0.4, -0.2) is 0 Å². The van der Waals surface area contributed by atoms with Crippen LogP contribution in [0.5, 0.6) is 0 Å². The molecule has 1 aromatic carbocycles. The molecule has 13 heavy (non-hydrogen) atoms. The van der Waals surface area contributed by atoms with Gasteiger partial charge in [0.2, 0.25) is 0 Å². The Hall–Kier alpha value is -0.760.